The van der Waals surface area contributed by atoms with Crippen LogP contribution in [0.2, 0.25) is 15.1 Å². The number of carbonyl (C=O) groups excluding carboxylic acids is 1. The van der Waals surface area contributed by atoms with Gasteiger partial charge >= 0.3 is 5.97 Å². The van der Waals surface area contributed by atoms with Gasteiger partial charge in [-0.3, -0.25) is 4.79 Å². The van der Waals surface area contributed by atoms with Crippen LogP contribution in [0.25, 0.3) is 11.3 Å². The number of anilines is 1. The van der Waals surface area contributed by atoms with Crippen LogP contribution < -0.4 is 10.2 Å². The second-order valence-electron chi connectivity index (χ2n) is 8.09. The number of aromatic carboxylic acids is 1. The number of H-pyrrole nitrogens is 1. The predicted octanol–water partition coefficient (Wildman–Crippen LogP) is 5.11. The number of thiazole rings is 1. The minimum atomic E-state index is -1.11. The third-order valence-corrected chi connectivity index (χ3v) is 8.39. The summed E-state index contributed by atoms with van der Waals surface area (Å²) in [6, 6.07) is 4.02. The lowest BCUT2D eigenvalue weighted by Gasteiger charge is -2.19. The Morgan fingerprint density at radius 2 is 1.94 bits per heavy atom. The summed E-state index contributed by atoms with van der Waals surface area (Å²) in [5.74, 6) is -1.56. The Hall–Kier alpha value is -2.33. The average Bonchev–Trinajstić information content (AvgIpc) is 3.17. The first kappa shape index (κ1) is 22.5. The zero-order valence-corrected chi connectivity index (χ0v) is 20.0. The van der Waals surface area contributed by atoms with Crippen molar-refractivity contribution in [3.63, 3.8) is 0 Å². The number of carboxylic acid groups (broad SMARTS) is 1. The molecule has 1 aromatic carbocycles. The highest BCUT2D eigenvalue weighted by molar-refractivity contribution is 7.17. The van der Waals surface area contributed by atoms with E-state index in [4.69, 9.17) is 34.8 Å². The fourth-order valence-electron chi connectivity index (χ4n) is 4.28. The molecule has 2 aromatic heterocycles. The highest BCUT2D eigenvalue weighted by atomic mass is 35.5. The Labute approximate surface area is 206 Å². The maximum Gasteiger partial charge on any atom is 0.348 e. The van der Waals surface area contributed by atoms with Gasteiger partial charge in [0.2, 0.25) is 0 Å². The predicted molar refractivity (Wildman–Crippen MR) is 125 cm³/mol. The van der Waals surface area contributed by atoms with E-state index in [1.54, 1.807) is 6.92 Å². The summed E-state index contributed by atoms with van der Waals surface area (Å²) in [5.41, 5.74) is 1.57. The Bertz CT molecular complexity index is 1300. The molecule has 3 atom stereocenters. The smallest absolute Gasteiger partial charge is 0.348 e. The van der Waals surface area contributed by atoms with Crippen molar-refractivity contribution < 1.29 is 19.1 Å². The van der Waals surface area contributed by atoms with Crippen molar-refractivity contribution >= 4 is 63.1 Å². The zero-order valence-electron chi connectivity index (χ0n) is 17.0. The van der Waals surface area contributed by atoms with Gasteiger partial charge in [-0.05, 0) is 25.1 Å². The van der Waals surface area contributed by atoms with Crippen molar-refractivity contribution in [1.82, 2.24) is 15.3 Å². The normalized spacial score (nSPS) is 21.2. The number of carbonyl (C=O) groups is 2. The number of benzene rings is 1. The van der Waals surface area contributed by atoms with Gasteiger partial charge in [0, 0.05) is 42.2 Å². The fourth-order valence-corrected chi connectivity index (χ4v) is 5.82. The molecule has 5 rings (SSSR count). The molecule has 12 heteroatoms. The number of carboxylic acids is 1. The lowest BCUT2D eigenvalue weighted by atomic mass is 10.1. The molecule has 1 saturated carbocycles. The number of fused-ring (bicyclic) bond motifs is 1. The molecule has 2 aliphatic rings. The molecule has 0 spiro atoms. The number of hydrogen-bond donors (Lipinski definition) is 3. The molecule has 1 aliphatic carbocycles. The lowest BCUT2D eigenvalue weighted by Crippen LogP contribution is -2.34. The third kappa shape index (κ3) is 3.86. The molecule has 3 heterocycles. The van der Waals surface area contributed by atoms with E-state index in [-0.39, 0.29) is 50.1 Å². The van der Waals surface area contributed by atoms with E-state index in [2.05, 4.69) is 15.3 Å². The van der Waals surface area contributed by atoms with Gasteiger partial charge in [0.15, 0.2) is 5.13 Å². The van der Waals surface area contributed by atoms with E-state index < -0.39 is 11.8 Å². The largest absolute Gasteiger partial charge is 0.477 e. The topological polar surface area (TPSA) is 98.3 Å². The molecule has 1 aliphatic heterocycles. The number of aromatic nitrogens is 2. The molecule has 172 valence electrons. The third-order valence-electron chi connectivity index (χ3n) is 6.05. The van der Waals surface area contributed by atoms with Crippen molar-refractivity contribution in [3.8, 4) is 11.3 Å². The van der Waals surface area contributed by atoms with Crippen LogP contribution in [0.3, 0.4) is 0 Å². The van der Waals surface area contributed by atoms with E-state index in [0.29, 0.717) is 34.5 Å². The fraction of sp³-hybridized carbons (Fsp3) is 0.286. The number of aromatic amines is 1. The first-order chi connectivity index (χ1) is 15.7. The molecule has 3 aromatic rings. The van der Waals surface area contributed by atoms with E-state index in [0.717, 1.165) is 11.3 Å². The van der Waals surface area contributed by atoms with Gasteiger partial charge in [0.1, 0.15) is 16.4 Å². The van der Waals surface area contributed by atoms with E-state index in [1.165, 1.54) is 18.2 Å². The molecule has 0 radical (unpaired) electrons. The van der Waals surface area contributed by atoms with Gasteiger partial charge in [-0.1, -0.05) is 46.1 Å². The van der Waals surface area contributed by atoms with Crippen LogP contribution in [0.15, 0.2) is 18.2 Å². The van der Waals surface area contributed by atoms with Crippen LogP contribution in [0.1, 0.15) is 25.9 Å². The second kappa shape index (κ2) is 8.16. The molecular weight excluding hydrogens is 514 g/mol. The number of hydrogen-bond acceptors (Lipinski definition) is 5. The Morgan fingerprint density at radius 1 is 1.24 bits per heavy atom. The molecule has 3 N–H and O–H groups in total. The number of rotatable bonds is 5. The minimum absolute atomic E-state index is 0.00137. The van der Waals surface area contributed by atoms with Crippen LogP contribution in [0.4, 0.5) is 9.52 Å². The number of aryl methyl sites for hydroxylation is 1. The first-order valence-electron chi connectivity index (χ1n) is 9.94. The number of nitrogens with one attached hydrogen (secondary N) is 2. The summed E-state index contributed by atoms with van der Waals surface area (Å²) < 4.78 is 13.5. The first-order valence-corrected chi connectivity index (χ1v) is 11.9. The van der Waals surface area contributed by atoms with Crippen molar-refractivity contribution in [1.29, 1.82) is 0 Å². The maximum atomic E-state index is 13.5. The van der Waals surface area contributed by atoms with Gasteiger partial charge in [-0.2, -0.15) is 0 Å². The second-order valence-corrected chi connectivity index (χ2v) is 10.2. The van der Waals surface area contributed by atoms with E-state index in [1.807, 2.05) is 4.90 Å². The van der Waals surface area contributed by atoms with Gasteiger partial charge in [0.05, 0.1) is 20.8 Å². The van der Waals surface area contributed by atoms with E-state index in [9.17, 15) is 19.1 Å². The number of halogens is 4. The lowest BCUT2D eigenvalue weighted by molar-refractivity contribution is 0.0702. The standard InChI is InChI=1S/C21H16Cl3FN4O3S/c1-7-13(23)14(24)17(26-7)19(30)27-16-9-5-29(6-10(9)16)21-28-15(18(33-21)20(31)32)8-2-3-12(25)11(22)4-8/h2-4,9-10,16,26H,5-6H2,1H3,(H,27,30)(H,31,32)/t9-,10+,16-. The molecule has 33 heavy (non-hydrogen) atoms. The van der Waals surface area contributed by atoms with Gasteiger partial charge in [-0.25, -0.2) is 14.2 Å². The molecule has 1 saturated heterocycles. The summed E-state index contributed by atoms with van der Waals surface area (Å²) >= 11 is 19.1. The summed E-state index contributed by atoms with van der Waals surface area (Å²) in [4.78, 5) is 33.9. The van der Waals surface area contributed by atoms with Crippen molar-refractivity contribution in [2.24, 2.45) is 11.8 Å². The molecule has 0 bridgehead atoms. The Morgan fingerprint density at radius 3 is 2.52 bits per heavy atom. The van der Waals surface area contributed by atoms with E-state index >= 15 is 0 Å². The quantitative estimate of drug-likeness (QED) is 0.427. The Balaban J connectivity index is 1.29. The molecule has 7 nitrogen and oxygen atoms in total. The summed E-state index contributed by atoms with van der Waals surface area (Å²) in [6.45, 7) is 3.00. The highest BCUT2D eigenvalue weighted by Crippen LogP contribution is 2.48. The van der Waals surface area contributed by atoms with Crippen molar-refractivity contribution in [2.45, 2.75) is 13.0 Å². The summed E-state index contributed by atoms with van der Waals surface area (Å²) in [5, 5.41) is 13.6. The molecule has 1 amide bonds. The van der Waals surface area contributed by atoms with Crippen molar-refractivity contribution in [3.05, 3.63) is 55.3 Å². The average molecular weight is 530 g/mol. The highest BCUT2D eigenvalue weighted by Gasteiger charge is 2.57. The van der Waals surface area contributed by atoms with Crippen LogP contribution in [0, 0.1) is 24.6 Å². The van der Waals surface area contributed by atoms with Crippen LogP contribution >= 0.6 is 46.1 Å². The van der Waals surface area contributed by atoms with Crippen LogP contribution in [-0.2, 0) is 0 Å². The number of amides is 1. The summed E-state index contributed by atoms with van der Waals surface area (Å²) in [7, 11) is 0. The maximum absolute atomic E-state index is 13.5. The number of piperidine rings is 1. The molecule has 0 unspecified atom stereocenters. The zero-order chi connectivity index (χ0) is 23.6. The van der Waals surface area contributed by atoms with Gasteiger partial charge in [-0.15, -0.1) is 0 Å². The molecular formula is C21H16Cl3FN4O3S. The van der Waals surface area contributed by atoms with Crippen molar-refractivity contribution in [2.75, 3.05) is 18.0 Å². The van der Waals surface area contributed by atoms with Crippen LogP contribution in [-0.4, -0.2) is 46.1 Å². The van der Waals surface area contributed by atoms with Crippen LogP contribution in [0.5, 0.6) is 0 Å². The minimum Gasteiger partial charge on any atom is -0.477 e. The molecule has 2 fully saturated rings. The summed E-state index contributed by atoms with van der Waals surface area (Å²) in [6.07, 6.45) is 0. The monoisotopic (exact) mass is 528 g/mol. The Kier molecular flexibility index (Phi) is 5.55. The SMILES string of the molecule is Cc1[nH]c(C(=O)N[C@@H]2[C@@H]3CN(c4nc(-c5ccc(F)c(Cl)c5)c(C(=O)O)s4)C[C@@H]32)c(Cl)c1Cl. The van der Waals surface area contributed by atoms with Gasteiger partial charge in [0.25, 0.3) is 5.91 Å². The van der Waals surface area contributed by atoms with Gasteiger partial charge < -0.3 is 20.3 Å². The number of nitrogens with zero attached hydrogens (tertiary/aromatic N) is 2.